The summed E-state index contributed by atoms with van der Waals surface area (Å²) in [6.45, 7) is 5.19. The molecule has 1 aliphatic heterocycles. The van der Waals surface area contributed by atoms with Crippen molar-refractivity contribution in [1.82, 2.24) is 0 Å². The number of benzene rings is 3. The van der Waals surface area contributed by atoms with Crippen LogP contribution < -0.4 is 0 Å². The standard InChI is InChI=1S/C43H62O3/c1-2-3-4-5-6-7-8-9-10-11-12-13-14-15-16-26-33-44-37-42-34-38(35-45-42)36-46-43(39-27-20-17-21-28-39,40-29-22-18-23-30-40)41-31-24-19-25-32-41/h17-25,27-32,38,42H,2-16,26,33-37H2,1H3. The van der Waals surface area contributed by atoms with Crippen LogP contribution >= 0.6 is 0 Å². The van der Waals surface area contributed by atoms with Crippen molar-refractivity contribution in [2.45, 2.75) is 128 Å². The predicted molar refractivity (Wildman–Crippen MR) is 193 cm³/mol. The maximum absolute atomic E-state index is 7.04. The van der Waals surface area contributed by atoms with Gasteiger partial charge in [0.1, 0.15) is 5.60 Å². The van der Waals surface area contributed by atoms with Crippen LogP contribution in [0, 0.1) is 5.92 Å². The third-order valence-electron chi connectivity index (χ3n) is 9.69. The highest BCUT2D eigenvalue weighted by Crippen LogP contribution is 2.41. The van der Waals surface area contributed by atoms with Crippen LogP contribution in [0.2, 0.25) is 0 Å². The zero-order valence-corrected chi connectivity index (χ0v) is 28.9. The third kappa shape index (κ3) is 12.3. The molecule has 0 bridgehead atoms. The quantitative estimate of drug-likeness (QED) is 0.0692. The van der Waals surface area contributed by atoms with Gasteiger partial charge in [-0.15, -0.1) is 0 Å². The van der Waals surface area contributed by atoms with Gasteiger partial charge in [0.25, 0.3) is 0 Å². The van der Waals surface area contributed by atoms with E-state index in [-0.39, 0.29) is 6.10 Å². The normalized spacial score (nSPS) is 16.6. The van der Waals surface area contributed by atoms with Crippen molar-refractivity contribution in [1.29, 1.82) is 0 Å². The summed E-state index contributed by atoms with van der Waals surface area (Å²) in [5.74, 6) is 0.347. The van der Waals surface area contributed by atoms with Gasteiger partial charge in [0, 0.05) is 12.5 Å². The third-order valence-corrected chi connectivity index (χ3v) is 9.69. The van der Waals surface area contributed by atoms with Gasteiger partial charge in [-0.2, -0.15) is 0 Å². The minimum absolute atomic E-state index is 0.161. The molecule has 3 aromatic carbocycles. The highest BCUT2D eigenvalue weighted by Gasteiger charge is 2.39. The van der Waals surface area contributed by atoms with Gasteiger partial charge in [-0.1, -0.05) is 194 Å². The van der Waals surface area contributed by atoms with Crippen molar-refractivity contribution >= 4 is 0 Å². The van der Waals surface area contributed by atoms with Gasteiger partial charge in [0.15, 0.2) is 0 Å². The number of ether oxygens (including phenoxy) is 3. The van der Waals surface area contributed by atoms with Crippen molar-refractivity contribution in [3.63, 3.8) is 0 Å². The number of rotatable bonds is 25. The molecule has 3 nitrogen and oxygen atoms in total. The first kappa shape index (κ1) is 36.4. The van der Waals surface area contributed by atoms with E-state index in [1.165, 1.54) is 96.3 Å². The molecule has 0 aliphatic carbocycles. The molecule has 0 radical (unpaired) electrons. The minimum Gasteiger partial charge on any atom is -0.379 e. The molecule has 1 fully saturated rings. The van der Waals surface area contributed by atoms with Crippen LogP contribution in [0.25, 0.3) is 0 Å². The minimum atomic E-state index is -0.675. The Bertz CT molecular complexity index is 1040. The Morgan fingerprint density at radius 3 is 1.39 bits per heavy atom. The molecule has 1 heterocycles. The van der Waals surface area contributed by atoms with Gasteiger partial charge in [-0.05, 0) is 29.5 Å². The van der Waals surface area contributed by atoms with Crippen LogP contribution in [0.4, 0.5) is 0 Å². The number of unbranched alkanes of at least 4 members (excludes halogenated alkanes) is 15. The summed E-state index contributed by atoms with van der Waals surface area (Å²) in [4.78, 5) is 0. The Hall–Kier alpha value is -2.46. The van der Waals surface area contributed by atoms with E-state index in [2.05, 4.69) is 97.9 Å². The zero-order chi connectivity index (χ0) is 32.0. The fraction of sp³-hybridized carbons (Fsp3) is 0.581. The second-order valence-electron chi connectivity index (χ2n) is 13.5. The lowest BCUT2D eigenvalue weighted by molar-refractivity contribution is -0.0118. The SMILES string of the molecule is CCCCCCCCCCCCCCCCCCOCC1CC(COC(c2ccccc2)(c2ccccc2)c2ccccc2)CO1. The number of hydrogen-bond acceptors (Lipinski definition) is 3. The van der Waals surface area contributed by atoms with Crippen LogP contribution in [0.5, 0.6) is 0 Å². The Kier molecular flexibility index (Phi) is 17.5. The summed E-state index contributed by atoms with van der Waals surface area (Å²) >= 11 is 0. The highest BCUT2D eigenvalue weighted by molar-refractivity contribution is 5.47. The van der Waals surface area contributed by atoms with E-state index < -0.39 is 5.60 Å². The molecule has 0 spiro atoms. The molecule has 0 aromatic heterocycles. The van der Waals surface area contributed by atoms with Crippen molar-refractivity contribution in [3.8, 4) is 0 Å². The molecule has 3 aromatic rings. The summed E-state index contributed by atoms with van der Waals surface area (Å²) in [5, 5.41) is 0. The average Bonchev–Trinajstić information content (AvgIpc) is 3.57. The predicted octanol–water partition coefficient (Wildman–Crippen LogP) is 11.7. The molecule has 0 saturated carbocycles. The molecular formula is C43H62O3. The van der Waals surface area contributed by atoms with Crippen LogP contribution in [0.15, 0.2) is 91.0 Å². The van der Waals surface area contributed by atoms with E-state index in [0.29, 0.717) is 19.1 Å². The summed E-state index contributed by atoms with van der Waals surface area (Å²) < 4.78 is 19.3. The lowest BCUT2D eigenvalue weighted by atomic mass is 9.80. The van der Waals surface area contributed by atoms with E-state index in [0.717, 1.165) is 42.7 Å². The molecule has 0 amide bonds. The lowest BCUT2D eigenvalue weighted by Crippen LogP contribution is -2.34. The fourth-order valence-corrected chi connectivity index (χ4v) is 6.99. The van der Waals surface area contributed by atoms with Crippen molar-refractivity contribution in [3.05, 3.63) is 108 Å². The number of hydrogen-bond donors (Lipinski definition) is 0. The van der Waals surface area contributed by atoms with E-state index in [9.17, 15) is 0 Å². The zero-order valence-electron chi connectivity index (χ0n) is 28.9. The van der Waals surface area contributed by atoms with Crippen molar-refractivity contribution < 1.29 is 14.2 Å². The molecule has 2 atom stereocenters. The lowest BCUT2D eigenvalue weighted by Gasteiger charge is -2.36. The maximum Gasteiger partial charge on any atom is 0.143 e. The highest BCUT2D eigenvalue weighted by atomic mass is 16.5. The summed E-state index contributed by atoms with van der Waals surface area (Å²) in [6.07, 6.45) is 23.4. The fourth-order valence-electron chi connectivity index (χ4n) is 6.99. The molecule has 3 heteroatoms. The van der Waals surface area contributed by atoms with Crippen molar-refractivity contribution in [2.75, 3.05) is 26.4 Å². The molecule has 0 N–H and O–H groups in total. The first-order valence-corrected chi connectivity index (χ1v) is 18.8. The Morgan fingerprint density at radius 1 is 0.543 bits per heavy atom. The summed E-state index contributed by atoms with van der Waals surface area (Å²) in [6, 6.07) is 31.9. The topological polar surface area (TPSA) is 27.7 Å². The molecule has 46 heavy (non-hydrogen) atoms. The summed E-state index contributed by atoms with van der Waals surface area (Å²) in [5.41, 5.74) is 2.76. The van der Waals surface area contributed by atoms with E-state index in [1.54, 1.807) is 0 Å². The second-order valence-corrected chi connectivity index (χ2v) is 13.5. The Labute approximate surface area is 281 Å². The first-order chi connectivity index (χ1) is 22.8. The first-order valence-electron chi connectivity index (χ1n) is 18.8. The average molecular weight is 627 g/mol. The molecular weight excluding hydrogens is 564 g/mol. The second kappa shape index (κ2) is 22.2. The van der Waals surface area contributed by atoms with Gasteiger partial charge >= 0.3 is 0 Å². The van der Waals surface area contributed by atoms with Gasteiger partial charge in [-0.25, -0.2) is 0 Å². The summed E-state index contributed by atoms with van der Waals surface area (Å²) in [7, 11) is 0. The van der Waals surface area contributed by atoms with Crippen LogP contribution in [-0.2, 0) is 19.8 Å². The van der Waals surface area contributed by atoms with Gasteiger partial charge in [0.05, 0.1) is 25.9 Å². The van der Waals surface area contributed by atoms with E-state index in [1.807, 2.05) is 0 Å². The molecule has 1 aliphatic rings. The van der Waals surface area contributed by atoms with Crippen LogP contribution in [0.3, 0.4) is 0 Å². The van der Waals surface area contributed by atoms with Gasteiger partial charge in [-0.3, -0.25) is 0 Å². The smallest absolute Gasteiger partial charge is 0.143 e. The Morgan fingerprint density at radius 2 is 0.957 bits per heavy atom. The molecule has 4 rings (SSSR count). The molecule has 2 unspecified atom stereocenters. The molecule has 1 saturated heterocycles. The molecule has 252 valence electrons. The van der Waals surface area contributed by atoms with Crippen molar-refractivity contribution in [2.24, 2.45) is 5.92 Å². The largest absolute Gasteiger partial charge is 0.379 e. The van der Waals surface area contributed by atoms with E-state index in [4.69, 9.17) is 14.2 Å². The van der Waals surface area contributed by atoms with Gasteiger partial charge < -0.3 is 14.2 Å². The monoisotopic (exact) mass is 626 g/mol. The van der Waals surface area contributed by atoms with Crippen LogP contribution in [0.1, 0.15) is 133 Å². The Balaban J connectivity index is 1.08. The van der Waals surface area contributed by atoms with Crippen LogP contribution in [-0.4, -0.2) is 32.5 Å². The van der Waals surface area contributed by atoms with Gasteiger partial charge in [0.2, 0.25) is 0 Å². The maximum atomic E-state index is 7.04. The van der Waals surface area contributed by atoms with E-state index >= 15 is 0 Å².